The van der Waals surface area contributed by atoms with Crippen molar-refractivity contribution in [1.29, 1.82) is 0 Å². The van der Waals surface area contributed by atoms with Crippen LogP contribution in [0.25, 0.3) is 0 Å². The van der Waals surface area contributed by atoms with E-state index in [1.807, 2.05) is 51.1 Å². The number of anilines is 2. The number of aryl methyl sites for hydroxylation is 2. The molecule has 1 atom stereocenters. The van der Waals surface area contributed by atoms with E-state index in [0.717, 1.165) is 22.4 Å². The van der Waals surface area contributed by atoms with Crippen LogP contribution in [0, 0.1) is 13.8 Å². The summed E-state index contributed by atoms with van der Waals surface area (Å²) in [7, 11) is 0. The highest BCUT2D eigenvalue weighted by atomic mass is 16.5. The predicted molar refractivity (Wildman–Crippen MR) is 101 cm³/mol. The Labute approximate surface area is 152 Å². The number of nitrogens with one attached hydrogen (secondary N) is 1. The number of nitrogens with zero attached hydrogens (tertiary/aromatic N) is 1. The third kappa shape index (κ3) is 3.70. The number of amides is 2. The van der Waals surface area contributed by atoms with Crippen molar-refractivity contribution in [2.45, 2.75) is 26.8 Å². The van der Waals surface area contributed by atoms with Gasteiger partial charge in [-0.2, -0.15) is 0 Å². The fourth-order valence-corrected chi connectivity index (χ4v) is 2.96. The van der Waals surface area contributed by atoms with Crippen molar-refractivity contribution in [3.8, 4) is 5.75 Å². The topological polar surface area (TPSA) is 84.7 Å². The number of carbonyl (C=O) groups excluding carboxylic acids is 2. The molecule has 136 valence electrons. The van der Waals surface area contributed by atoms with Crippen LogP contribution in [0.1, 0.15) is 29.7 Å². The highest BCUT2D eigenvalue weighted by Crippen LogP contribution is 2.34. The molecule has 0 aromatic heterocycles. The quantitative estimate of drug-likeness (QED) is 0.885. The summed E-state index contributed by atoms with van der Waals surface area (Å²) in [5.74, 6) is 0.0628. The normalized spacial score (nSPS) is 14.5. The highest BCUT2D eigenvalue weighted by Gasteiger charge is 2.28. The minimum absolute atomic E-state index is 0.0785. The maximum atomic E-state index is 12.5. The highest BCUT2D eigenvalue weighted by molar-refractivity contribution is 6.05. The molecule has 0 aliphatic carbocycles. The molecular formula is C20H23N3O3. The molecule has 1 aliphatic heterocycles. The molecule has 0 radical (unpaired) electrons. The molecule has 3 N–H and O–H groups in total. The van der Waals surface area contributed by atoms with Gasteiger partial charge in [0.2, 0.25) is 5.91 Å². The molecule has 2 aromatic carbocycles. The average Bonchev–Trinajstić information content (AvgIpc) is 2.59. The average molecular weight is 353 g/mol. The number of ether oxygens (including phenoxy) is 1. The van der Waals surface area contributed by atoms with E-state index in [-0.39, 0.29) is 31.0 Å². The smallest absolute Gasteiger partial charge is 0.265 e. The van der Waals surface area contributed by atoms with Gasteiger partial charge in [0.05, 0.1) is 5.69 Å². The van der Waals surface area contributed by atoms with E-state index in [4.69, 9.17) is 10.5 Å². The summed E-state index contributed by atoms with van der Waals surface area (Å²) in [5, 5.41) is 2.88. The number of benzene rings is 2. The molecule has 6 nitrogen and oxygen atoms in total. The zero-order valence-electron chi connectivity index (χ0n) is 15.2. The number of hydrogen-bond acceptors (Lipinski definition) is 4. The number of nitrogens with two attached hydrogens (primary N) is 1. The lowest BCUT2D eigenvalue weighted by Gasteiger charge is -2.29. The molecular weight excluding hydrogens is 330 g/mol. The van der Waals surface area contributed by atoms with Gasteiger partial charge in [0, 0.05) is 11.7 Å². The first-order chi connectivity index (χ1) is 12.3. The number of hydrogen-bond donors (Lipinski definition) is 2. The second-order valence-electron chi connectivity index (χ2n) is 6.65. The molecule has 26 heavy (non-hydrogen) atoms. The molecule has 1 aliphatic rings. The van der Waals surface area contributed by atoms with Crippen molar-refractivity contribution in [1.82, 2.24) is 0 Å². The van der Waals surface area contributed by atoms with Gasteiger partial charge in [-0.3, -0.25) is 14.5 Å². The van der Waals surface area contributed by atoms with E-state index in [1.54, 1.807) is 6.07 Å². The molecule has 2 aromatic rings. The van der Waals surface area contributed by atoms with Crippen molar-refractivity contribution >= 4 is 23.2 Å². The van der Waals surface area contributed by atoms with Gasteiger partial charge in [0.25, 0.3) is 5.91 Å². The van der Waals surface area contributed by atoms with Crippen molar-refractivity contribution in [2.24, 2.45) is 5.73 Å². The van der Waals surface area contributed by atoms with E-state index in [9.17, 15) is 9.59 Å². The van der Waals surface area contributed by atoms with Crippen LogP contribution in [0.4, 0.5) is 11.4 Å². The summed E-state index contributed by atoms with van der Waals surface area (Å²) in [6, 6.07) is 11.1. The molecule has 1 unspecified atom stereocenters. The maximum Gasteiger partial charge on any atom is 0.265 e. The Kier molecular flexibility index (Phi) is 4.95. The van der Waals surface area contributed by atoms with E-state index in [0.29, 0.717) is 11.4 Å². The fraction of sp³-hybridized carbons (Fsp3) is 0.300. The van der Waals surface area contributed by atoms with Gasteiger partial charge in [-0.1, -0.05) is 23.8 Å². The number of carbonyl (C=O) groups is 2. The van der Waals surface area contributed by atoms with Crippen LogP contribution in [0.5, 0.6) is 5.75 Å². The summed E-state index contributed by atoms with van der Waals surface area (Å²) in [6.07, 6.45) is 0. The van der Waals surface area contributed by atoms with Crippen molar-refractivity contribution < 1.29 is 14.3 Å². The molecule has 0 saturated heterocycles. The first-order valence-electron chi connectivity index (χ1n) is 8.55. The molecule has 6 heteroatoms. The van der Waals surface area contributed by atoms with Gasteiger partial charge in [0.1, 0.15) is 12.3 Å². The van der Waals surface area contributed by atoms with E-state index in [2.05, 4.69) is 5.32 Å². The first-order valence-corrected chi connectivity index (χ1v) is 8.55. The van der Waals surface area contributed by atoms with Gasteiger partial charge in [-0.15, -0.1) is 0 Å². The lowest BCUT2D eigenvalue weighted by molar-refractivity contribution is -0.123. The Morgan fingerprint density at radius 3 is 2.73 bits per heavy atom. The second-order valence-corrected chi connectivity index (χ2v) is 6.65. The molecule has 0 bridgehead atoms. The molecule has 1 heterocycles. The van der Waals surface area contributed by atoms with Crippen LogP contribution in [-0.4, -0.2) is 25.0 Å². The predicted octanol–water partition coefficient (Wildman–Crippen LogP) is 2.69. The van der Waals surface area contributed by atoms with Crippen LogP contribution in [-0.2, 0) is 9.59 Å². The standard InChI is InChI=1S/C20H23N3O3/c1-12-4-6-16(13(2)8-12)22-19(24)10-23-17-9-15(14(3)21)5-7-18(17)26-11-20(23)25/h4-9,14H,10-11,21H2,1-3H3,(H,22,24). The zero-order chi connectivity index (χ0) is 18.8. The van der Waals surface area contributed by atoms with Crippen molar-refractivity contribution in [2.75, 3.05) is 23.4 Å². The van der Waals surface area contributed by atoms with E-state index >= 15 is 0 Å². The summed E-state index contributed by atoms with van der Waals surface area (Å²) in [5.41, 5.74) is 10.2. The van der Waals surface area contributed by atoms with Crippen LogP contribution in [0.2, 0.25) is 0 Å². The van der Waals surface area contributed by atoms with Crippen molar-refractivity contribution in [3.05, 3.63) is 53.1 Å². The molecule has 0 saturated carbocycles. The summed E-state index contributed by atoms with van der Waals surface area (Å²) in [6.45, 7) is 5.64. The van der Waals surface area contributed by atoms with E-state index < -0.39 is 0 Å². The monoisotopic (exact) mass is 353 g/mol. The van der Waals surface area contributed by atoms with E-state index in [1.165, 1.54) is 4.90 Å². The Morgan fingerprint density at radius 1 is 1.27 bits per heavy atom. The van der Waals surface area contributed by atoms with Gasteiger partial charge < -0.3 is 15.8 Å². The van der Waals surface area contributed by atoms with Gasteiger partial charge >= 0.3 is 0 Å². The number of rotatable bonds is 4. The zero-order valence-corrected chi connectivity index (χ0v) is 15.2. The Bertz CT molecular complexity index is 861. The number of fused-ring (bicyclic) bond motifs is 1. The second kappa shape index (κ2) is 7.17. The van der Waals surface area contributed by atoms with Crippen LogP contribution in [0.15, 0.2) is 36.4 Å². The largest absolute Gasteiger partial charge is 0.482 e. The van der Waals surface area contributed by atoms with Crippen LogP contribution in [0.3, 0.4) is 0 Å². The Hall–Kier alpha value is -2.86. The SMILES string of the molecule is Cc1ccc(NC(=O)CN2C(=O)COc3ccc(C(C)N)cc32)c(C)c1. The maximum absolute atomic E-state index is 12.5. The fourth-order valence-electron chi connectivity index (χ4n) is 2.96. The summed E-state index contributed by atoms with van der Waals surface area (Å²) >= 11 is 0. The Balaban J connectivity index is 1.82. The third-order valence-electron chi connectivity index (χ3n) is 4.41. The summed E-state index contributed by atoms with van der Waals surface area (Å²) in [4.78, 5) is 26.3. The van der Waals surface area contributed by atoms with Gasteiger partial charge in [-0.25, -0.2) is 0 Å². The summed E-state index contributed by atoms with van der Waals surface area (Å²) < 4.78 is 5.47. The lowest BCUT2D eigenvalue weighted by atomic mass is 10.1. The molecule has 0 spiro atoms. The minimum atomic E-state index is -0.260. The van der Waals surface area contributed by atoms with Crippen molar-refractivity contribution in [3.63, 3.8) is 0 Å². The van der Waals surface area contributed by atoms with Gasteiger partial charge in [-0.05, 0) is 50.1 Å². The molecule has 2 amide bonds. The lowest BCUT2D eigenvalue weighted by Crippen LogP contribution is -2.43. The molecule has 0 fully saturated rings. The molecule has 3 rings (SSSR count). The minimum Gasteiger partial charge on any atom is -0.482 e. The third-order valence-corrected chi connectivity index (χ3v) is 4.41. The van der Waals surface area contributed by atoms with Crippen LogP contribution >= 0.6 is 0 Å². The Morgan fingerprint density at radius 2 is 2.04 bits per heavy atom. The van der Waals surface area contributed by atoms with Gasteiger partial charge in [0.15, 0.2) is 6.61 Å². The van der Waals surface area contributed by atoms with Crippen LogP contribution < -0.4 is 20.7 Å². The first kappa shape index (κ1) is 17.9.